The standard InChI is InChI=1S/C21H14I2N2O3/c1-27-16-5-2-12(3-6-16)21-25-18-10-15(4-7-19(18)28-21)24-11-13-8-14(22)9-17(23)20(13)26/h2-11,26H,1H3. The maximum atomic E-state index is 10.2. The lowest BCUT2D eigenvalue weighted by molar-refractivity contribution is 0.415. The number of hydrogen-bond acceptors (Lipinski definition) is 5. The molecule has 0 atom stereocenters. The van der Waals surface area contributed by atoms with E-state index in [4.69, 9.17) is 9.15 Å². The Labute approximate surface area is 188 Å². The van der Waals surface area contributed by atoms with Gasteiger partial charge in [-0.05, 0) is 99.8 Å². The van der Waals surface area contributed by atoms with E-state index in [0.29, 0.717) is 17.0 Å². The summed E-state index contributed by atoms with van der Waals surface area (Å²) >= 11 is 4.33. The average Bonchev–Trinajstić information content (AvgIpc) is 3.13. The molecule has 28 heavy (non-hydrogen) atoms. The number of oxazole rings is 1. The molecule has 4 aromatic rings. The second-order valence-electron chi connectivity index (χ2n) is 5.98. The first kappa shape index (κ1) is 19.2. The van der Waals surface area contributed by atoms with Gasteiger partial charge in [0.25, 0.3) is 0 Å². The summed E-state index contributed by atoms with van der Waals surface area (Å²) in [4.78, 5) is 9.05. The number of phenolic OH excluding ortho intramolecular Hbond substituents is 1. The summed E-state index contributed by atoms with van der Waals surface area (Å²) in [6.07, 6.45) is 1.66. The van der Waals surface area contributed by atoms with Crippen LogP contribution < -0.4 is 4.74 Å². The first-order valence-corrected chi connectivity index (χ1v) is 10.5. The molecule has 3 aromatic carbocycles. The van der Waals surface area contributed by atoms with Gasteiger partial charge in [0.1, 0.15) is 17.0 Å². The molecule has 0 radical (unpaired) electrons. The molecule has 0 aliphatic heterocycles. The van der Waals surface area contributed by atoms with Crippen LogP contribution in [0.25, 0.3) is 22.6 Å². The first-order valence-electron chi connectivity index (χ1n) is 8.30. The van der Waals surface area contributed by atoms with Crippen LogP contribution in [0.4, 0.5) is 5.69 Å². The molecular weight excluding hydrogens is 582 g/mol. The Morgan fingerprint density at radius 1 is 1.07 bits per heavy atom. The van der Waals surface area contributed by atoms with Gasteiger partial charge < -0.3 is 14.3 Å². The van der Waals surface area contributed by atoms with Crippen LogP contribution in [0, 0.1) is 7.14 Å². The van der Waals surface area contributed by atoms with Crippen LogP contribution in [-0.4, -0.2) is 23.4 Å². The molecular formula is C21H14I2N2O3. The first-order chi connectivity index (χ1) is 13.5. The number of nitrogens with zero attached hydrogens (tertiary/aromatic N) is 2. The van der Waals surface area contributed by atoms with Crippen molar-refractivity contribution in [1.82, 2.24) is 4.98 Å². The van der Waals surface area contributed by atoms with E-state index in [-0.39, 0.29) is 5.75 Å². The molecule has 1 heterocycles. The van der Waals surface area contributed by atoms with E-state index in [2.05, 4.69) is 55.2 Å². The van der Waals surface area contributed by atoms with Crippen molar-refractivity contribution in [3.63, 3.8) is 0 Å². The minimum atomic E-state index is 0.231. The lowest BCUT2D eigenvalue weighted by Gasteiger charge is -2.02. The zero-order valence-corrected chi connectivity index (χ0v) is 19.0. The molecule has 0 bridgehead atoms. The Morgan fingerprint density at radius 3 is 2.61 bits per heavy atom. The SMILES string of the molecule is COc1ccc(-c2nc3cc(N=Cc4cc(I)cc(I)c4O)ccc3o2)cc1. The molecule has 4 rings (SSSR count). The van der Waals surface area contributed by atoms with Crippen LogP contribution in [0.5, 0.6) is 11.5 Å². The van der Waals surface area contributed by atoms with Crippen molar-refractivity contribution in [1.29, 1.82) is 0 Å². The third kappa shape index (κ3) is 4.00. The van der Waals surface area contributed by atoms with Gasteiger partial charge in [0, 0.05) is 20.9 Å². The van der Waals surface area contributed by atoms with Crippen molar-refractivity contribution in [3.8, 4) is 23.0 Å². The normalized spacial score (nSPS) is 11.4. The van der Waals surface area contributed by atoms with Crippen LogP contribution in [0.2, 0.25) is 0 Å². The average molecular weight is 596 g/mol. The number of methoxy groups -OCH3 is 1. The number of aromatic hydroxyl groups is 1. The van der Waals surface area contributed by atoms with Crippen LogP contribution >= 0.6 is 45.2 Å². The Bertz CT molecular complexity index is 1180. The lowest BCUT2D eigenvalue weighted by Crippen LogP contribution is -1.87. The predicted octanol–water partition coefficient (Wildman–Crippen LogP) is 6.17. The topological polar surface area (TPSA) is 67.9 Å². The van der Waals surface area contributed by atoms with Crippen molar-refractivity contribution >= 4 is 68.2 Å². The van der Waals surface area contributed by atoms with Gasteiger partial charge in [-0.15, -0.1) is 0 Å². The third-order valence-corrected chi connectivity index (χ3v) is 5.56. The van der Waals surface area contributed by atoms with Gasteiger partial charge in [0.15, 0.2) is 5.58 Å². The zero-order chi connectivity index (χ0) is 19.7. The highest BCUT2D eigenvalue weighted by Gasteiger charge is 2.09. The van der Waals surface area contributed by atoms with E-state index in [1.807, 2.05) is 54.6 Å². The van der Waals surface area contributed by atoms with Gasteiger partial charge in [0.2, 0.25) is 5.89 Å². The van der Waals surface area contributed by atoms with Gasteiger partial charge >= 0.3 is 0 Å². The van der Waals surface area contributed by atoms with Crippen molar-refractivity contribution in [2.24, 2.45) is 4.99 Å². The summed E-state index contributed by atoms with van der Waals surface area (Å²) in [6, 6.07) is 16.9. The third-order valence-electron chi connectivity index (χ3n) is 4.12. The van der Waals surface area contributed by atoms with E-state index in [1.54, 1.807) is 13.3 Å². The maximum Gasteiger partial charge on any atom is 0.227 e. The highest BCUT2D eigenvalue weighted by atomic mass is 127. The zero-order valence-electron chi connectivity index (χ0n) is 14.7. The monoisotopic (exact) mass is 596 g/mol. The van der Waals surface area contributed by atoms with E-state index in [1.165, 1.54) is 0 Å². The largest absolute Gasteiger partial charge is 0.506 e. The number of aliphatic imine (C=N–C) groups is 1. The number of aromatic nitrogens is 1. The van der Waals surface area contributed by atoms with Gasteiger partial charge in [-0.2, -0.15) is 0 Å². The number of fused-ring (bicyclic) bond motifs is 1. The molecule has 1 N–H and O–H groups in total. The van der Waals surface area contributed by atoms with E-state index >= 15 is 0 Å². The molecule has 0 fully saturated rings. The molecule has 0 unspecified atom stereocenters. The minimum absolute atomic E-state index is 0.231. The highest BCUT2D eigenvalue weighted by molar-refractivity contribution is 14.1. The van der Waals surface area contributed by atoms with Crippen molar-refractivity contribution < 1.29 is 14.3 Å². The van der Waals surface area contributed by atoms with Gasteiger partial charge in [0.05, 0.1) is 16.4 Å². The quantitative estimate of drug-likeness (QED) is 0.226. The Morgan fingerprint density at radius 2 is 1.86 bits per heavy atom. The van der Waals surface area contributed by atoms with Crippen LogP contribution in [0.3, 0.4) is 0 Å². The number of ether oxygens (including phenoxy) is 1. The number of hydrogen-bond donors (Lipinski definition) is 1. The molecule has 7 heteroatoms. The summed E-state index contributed by atoms with van der Waals surface area (Å²) in [6.45, 7) is 0. The maximum absolute atomic E-state index is 10.2. The smallest absolute Gasteiger partial charge is 0.227 e. The molecule has 0 aliphatic carbocycles. The fourth-order valence-corrected chi connectivity index (χ4v) is 4.57. The van der Waals surface area contributed by atoms with Gasteiger partial charge in [-0.3, -0.25) is 4.99 Å². The van der Waals surface area contributed by atoms with Crippen LogP contribution in [0.15, 0.2) is 64.0 Å². The molecule has 1 aromatic heterocycles. The fourth-order valence-electron chi connectivity index (χ4n) is 2.68. The second kappa shape index (κ2) is 8.08. The molecule has 140 valence electrons. The minimum Gasteiger partial charge on any atom is -0.506 e. The molecule has 0 saturated carbocycles. The second-order valence-corrected chi connectivity index (χ2v) is 8.39. The Balaban J connectivity index is 1.65. The predicted molar refractivity (Wildman–Crippen MR) is 127 cm³/mol. The van der Waals surface area contributed by atoms with E-state index in [0.717, 1.165) is 29.7 Å². The number of rotatable bonds is 4. The van der Waals surface area contributed by atoms with Crippen molar-refractivity contribution in [2.75, 3.05) is 7.11 Å². The van der Waals surface area contributed by atoms with Gasteiger partial charge in [-0.25, -0.2) is 4.98 Å². The summed E-state index contributed by atoms with van der Waals surface area (Å²) in [7, 11) is 1.63. The Kier molecular flexibility index (Phi) is 5.54. The van der Waals surface area contributed by atoms with Gasteiger partial charge in [-0.1, -0.05) is 0 Å². The highest BCUT2D eigenvalue weighted by Crippen LogP contribution is 2.29. The molecule has 5 nitrogen and oxygen atoms in total. The summed E-state index contributed by atoms with van der Waals surface area (Å²) in [5.41, 5.74) is 3.70. The number of halogens is 2. The molecule has 0 saturated heterocycles. The summed E-state index contributed by atoms with van der Waals surface area (Å²) in [5, 5.41) is 10.2. The molecule has 0 aliphatic rings. The molecule has 0 spiro atoms. The van der Waals surface area contributed by atoms with Crippen LogP contribution in [0.1, 0.15) is 5.56 Å². The van der Waals surface area contributed by atoms with Crippen LogP contribution in [-0.2, 0) is 0 Å². The Hall–Kier alpha value is -2.14. The summed E-state index contributed by atoms with van der Waals surface area (Å²) in [5.74, 6) is 1.56. The fraction of sp³-hybridized carbons (Fsp3) is 0.0476. The van der Waals surface area contributed by atoms with E-state index < -0.39 is 0 Å². The summed E-state index contributed by atoms with van der Waals surface area (Å²) < 4.78 is 12.9. The lowest BCUT2D eigenvalue weighted by atomic mass is 10.2. The van der Waals surface area contributed by atoms with Crippen molar-refractivity contribution in [3.05, 3.63) is 67.3 Å². The molecule has 0 amide bonds. The number of benzene rings is 3. The number of phenols is 1. The van der Waals surface area contributed by atoms with Crippen molar-refractivity contribution in [2.45, 2.75) is 0 Å². The van der Waals surface area contributed by atoms with E-state index in [9.17, 15) is 5.11 Å².